The molecule has 0 aromatic heterocycles. The average Bonchev–Trinajstić information content (AvgIpc) is 2.37. The first-order valence-electron chi connectivity index (χ1n) is 6.00. The molecule has 0 bridgehead atoms. The molecule has 0 aliphatic carbocycles. The van der Waals surface area contributed by atoms with Gasteiger partial charge in [0.2, 0.25) is 5.91 Å². The smallest absolute Gasteiger partial charge is 0.239 e. The van der Waals surface area contributed by atoms with Crippen molar-refractivity contribution in [2.45, 2.75) is 13.5 Å². The van der Waals surface area contributed by atoms with E-state index in [0.717, 1.165) is 23.2 Å². The molecule has 0 saturated carbocycles. The van der Waals surface area contributed by atoms with Crippen LogP contribution in [0.4, 0.5) is 5.69 Å². The largest absolute Gasteiger partial charge is 0.362 e. The van der Waals surface area contributed by atoms with E-state index in [4.69, 9.17) is 0 Å². The van der Waals surface area contributed by atoms with Gasteiger partial charge in [-0.1, -0.05) is 6.07 Å². The summed E-state index contributed by atoms with van der Waals surface area (Å²) in [5, 5.41) is 5.76. The van der Waals surface area contributed by atoms with Crippen LogP contribution >= 0.6 is 15.9 Å². The molecule has 1 rings (SSSR count). The third-order valence-corrected chi connectivity index (χ3v) is 3.36. The second-order valence-electron chi connectivity index (χ2n) is 4.00. The topological polar surface area (TPSA) is 44.4 Å². The number of likely N-dealkylation sites (N-methyl/N-ethyl adjacent to an activating group) is 2. The van der Waals surface area contributed by atoms with Crippen molar-refractivity contribution in [2.75, 3.05) is 32.1 Å². The normalized spacial score (nSPS) is 10.2. The highest BCUT2D eigenvalue weighted by atomic mass is 79.9. The van der Waals surface area contributed by atoms with Gasteiger partial charge in [-0.25, -0.2) is 0 Å². The predicted octanol–water partition coefficient (Wildman–Crippen LogP) is 1.74. The molecule has 4 nitrogen and oxygen atoms in total. The number of amides is 1. The molecule has 0 aliphatic rings. The van der Waals surface area contributed by atoms with Crippen LogP contribution in [0.1, 0.15) is 12.5 Å². The van der Waals surface area contributed by atoms with E-state index < -0.39 is 0 Å². The van der Waals surface area contributed by atoms with E-state index in [1.54, 1.807) is 7.05 Å². The molecule has 18 heavy (non-hydrogen) atoms. The van der Waals surface area contributed by atoms with Crippen LogP contribution in [0, 0.1) is 0 Å². The van der Waals surface area contributed by atoms with Gasteiger partial charge < -0.3 is 15.5 Å². The Balaban J connectivity index is 2.89. The van der Waals surface area contributed by atoms with Crippen LogP contribution in [0.25, 0.3) is 0 Å². The van der Waals surface area contributed by atoms with Crippen molar-refractivity contribution in [1.29, 1.82) is 0 Å². The molecule has 0 aliphatic heterocycles. The van der Waals surface area contributed by atoms with E-state index in [2.05, 4.69) is 38.7 Å². The second-order valence-corrected chi connectivity index (χ2v) is 4.86. The standard InChI is InChI=1S/C13H20BrN3O/c1-4-17(9-13(18)16-3)12-6-5-10(8-15-2)7-11(12)14/h5-7,15H,4,8-9H2,1-3H3,(H,16,18). The summed E-state index contributed by atoms with van der Waals surface area (Å²) in [5.41, 5.74) is 2.25. The molecular weight excluding hydrogens is 294 g/mol. The van der Waals surface area contributed by atoms with Crippen LogP contribution in [0.5, 0.6) is 0 Å². The molecule has 0 fully saturated rings. The molecule has 0 heterocycles. The van der Waals surface area contributed by atoms with Gasteiger partial charge in [-0.15, -0.1) is 0 Å². The molecule has 1 aromatic rings. The zero-order valence-corrected chi connectivity index (χ0v) is 12.7. The summed E-state index contributed by atoms with van der Waals surface area (Å²) in [6.45, 7) is 4.03. The summed E-state index contributed by atoms with van der Waals surface area (Å²) in [5.74, 6) is 0.0167. The van der Waals surface area contributed by atoms with Crippen LogP contribution in [0.2, 0.25) is 0 Å². The van der Waals surface area contributed by atoms with Gasteiger partial charge in [0, 0.05) is 24.6 Å². The summed E-state index contributed by atoms with van der Waals surface area (Å²) >= 11 is 3.57. The maximum Gasteiger partial charge on any atom is 0.239 e. The van der Waals surface area contributed by atoms with E-state index in [0.29, 0.717) is 6.54 Å². The summed E-state index contributed by atoms with van der Waals surface area (Å²) < 4.78 is 1.01. The second kappa shape index (κ2) is 7.38. The Morgan fingerprint density at radius 1 is 1.39 bits per heavy atom. The van der Waals surface area contributed by atoms with Crippen LogP contribution in [-0.2, 0) is 11.3 Å². The van der Waals surface area contributed by atoms with Gasteiger partial charge in [-0.3, -0.25) is 4.79 Å². The third-order valence-electron chi connectivity index (χ3n) is 2.73. The Kier molecular flexibility index (Phi) is 6.15. The van der Waals surface area contributed by atoms with E-state index in [-0.39, 0.29) is 5.91 Å². The van der Waals surface area contributed by atoms with Crippen molar-refractivity contribution in [3.63, 3.8) is 0 Å². The number of anilines is 1. The van der Waals surface area contributed by atoms with Crippen molar-refractivity contribution in [2.24, 2.45) is 0 Å². The first kappa shape index (κ1) is 15.0. The molecule has 0 saturated heterocycles. The number of hydrogen-bond donors (Lipinski definition) is 2. The summed E-state index contributed by atoms with van der Waals surface area (Å²) in [7, 11) is 3.58. The fourth-order valence-electron chi connectivity index (χ4n) is 1.74. The highest BCUT2D eigenvalue weighted by molar-refractivity contribution is 9.10. The number of rotatable bonds is 6. The van der Waals surface area contributed by atoms with Crippen molar-refractivity contribution in [1.82, 2.24) is 10.6 Å². The summed E-state index contributed by atoms with van der Waals surface area (Å²) in [6, 6.07) is 6.20. The lowest BCUT2D eigenvalue weighted by Crippen LogP contribution is -2.35. The minimum absolute atomic E-state index is 0.0167. The number of nitrogens with one attached hydrogen (secondary N) is 2. The van der Waals surface area contributed by atoms with Gasteiger partial charge in [-0.2, -0.15) is 0 Å². The SMILES string of the molecule is CCN(CC(=O)NC)c1ccc(CNC)cc1Br. The number of carbonyl (C=O) groups excluding carboxylic acids is 1. The van der Waals surface area contributed by atoms with E-state index in [1.807, 2.05) is 24.9 Å². The quantitative estimate of drug-likeness (QED) is 0.841. The third kappa shape index (κ3) is 3.99. The number of halogens is 1. The number of carbonyl (C=O) groups is 1. The fourth-order valence-corrected chi connectivity index (χ4v) is 2.42. The van der Waals surface area contributed by atoms with Crippen molar-refractivity contribution < 1.29 is 4.79 Å². The van der Waals surface area contributed by atoms with Crippen molar-refractivity contribution >= 4 is 27.5 Å². The molecule has 2 N–H and O–H groups in total. The highest BCUT2D eigenvalue weighted by Crippen LogP contribution is 2.27. The minimum Gasteiger partial charge on any atom is -0.362 e. The molecule has 0 spiro atoms. The van der Waals surface area contributed by atoms with Gasteiger partial charge in [0.1, 0.15) is 0 Å². The van der Waals surface area contributed by atoms with Crippen LogP contribution in [-0.4, -0.2) is 33.1 Å². The molecular formula is C13H20BrN3O. The Hall–Kier alpha value is -1.07. The lowest BCUT2D eigenvalue weighted by Gasteiger charge is -2.23. The molecule has 1 aromatic carbocycles. The van der Waals surface area contributed by atoms with E-state index >= 15 is 0 Å². The summed E-state index contributed by atoms with van der Waals surface area (Å²) in [4.78, 5) is 13.5. The number of hydrogen-bond acceptors (Lipinski definition) is 3. The maximum atomic E-state index is 11.5. The van der Waals surface area contributed by atoms with Crippen LogP contribution in [0.3, 0.4) is 0 Å². The lowest BCUT2D eigenvalue weighted by molar-refractivity contribution is -0.119. The predicted molar refractivity (Wildman–Crippen MR) is 78.9 cm³/mol. The Morgan fingerprint density at radius 2 is 2.11 bits per heavy atom. The van der Waals surface area contributed by atoms with Crippen LogP contribution < -0.4 is 15.5 Å². The van der Waals surface area contributed by atoms with Crippen LogP contribution in [0.15, 0.2) is 22.7 Å². The first-order chi connectivity index (χ1) is 8.62. The summed E-state index contributed by atoms with van der Waals surface area (Å²) in [6.07, 6.45) is 0. The van der Waals surface area contributed by atoms with Gasteiger partial charge in [-0.05, 0) is 47.6 Å². The highest BCUT2D eigenvalue weighted by Gasteiger charge is 2.12. The Morgan fingerprint density at radius 3 is 2.61 bits per heavy atom. The van der Waals surface area contributed by atoms with Gasteiger partial charge in [0.15, 0.2) is 0 Å². The molecule has 0 atom stereocenters. The number of nitrogens with zero attached hydrogens (tertiary/aromatic N) is 1. The Bertz CT molecular complexity index is 409. The monoisotopic (exact) mass is 313 g/mol. The number of benzene rings is 1. The molecule has 0 unspecified atom stereocenters. The molecule has 5 heteroatoms. The van der Waals surface area contributed by atoms with Gasteiger partial charge >= 0.3 is 0 Å². The van der Waals surface area contributed by atoms with E-state index in [9.17, 15) is 4.79 Å². The fraction of sp³-hybridized carbons (Fsp3) is 0.462. The lowest BCUT2D eigenvalue weighted by atomic mass is 10.2. The molecule has 0 radical (unpaired) electrons. The zero-order valence-electron chi connectivity index (χ0n) is 11.1. The Labute approximate surface area is 117 Å². The first-order valence-corrected chi connectivity index (χ1v) is 6.80. The zero-order chi connectivity index (χ0) is 13.5. The van der Waals surface area contributed by atoms with E-state index in [1.165, 1.54) is 5.56 Å². The van der Waals surface area contributed by atoms with Crippen molar-refractivity contribution in [3.05, 3.63) is 28.2 Å². The van der Waals surface area contributed by atoms with Crippen molar-refractivity contribution in [3.8, 4) is 0 Å². The maximum absolute atomic E-state index is 11.5. The minimum atomic E-state index is 0.0167. The molecule has 1 amide bonds. The molecule has 100 valence electrons. The van der Waals surface area contributed by atoms with Gasteiger partial charge in [0.05, 0.1) is 12.2 Å². The van der Waals surface area contributed by atoms with Gasteiger partial charge in [0.25, 0.3) is 0 Å². The average molecular weight is 314 g/mol.